The fourth-order valence-corrected chi connectivity index (χ4v) is 3.34. The summed E-state index contributed by atoms with van der Waals surface area (Å²) in [5.74, 6) is -0.157. The highest BCUT2D eigenvalue weighted by molar-refractivity contribution is 6.30. The Kier molecular flexibility index (Phi) is 5.54. The average Bonchev–Trinajstić information content (AvgIpc) is 2.62. The first-order valence-electron chi connectivity index (χ1n) is 8.45. The summed E-state index contributed by atoms with van der Waals surface area (Å²) < 4.78 is 0. The first-order valence-corrected chi connectivity index (χ1v) is 8.83. The summed E-state index contributed by atoms with van der Waals surface area (Å²) in [6.45, 7) is 5.17. The van der Waals surface area contributed by atoms with Gasteiger partial charge in [0.25, 0.3) is 11.6 Å². The van der Waals surface area contributed by atoms with E-state index in [9.17, 15) is 14.9 Å². The monoisotopic (exact) mass is 373 g/mol. The van der Waals surface area contributed by atoms with Gasteiger partial charge in [-0.15, -0.1) is 0 Å². The van der Waals surface area contributed by atoms with Crippen LogP contribution in [0.5, 0.6) is 0 Å². The molecular weight excluding hydrogens is 354 g/mol. The number of amides is 1. The summed E-state index contributed by atoms with van der Waals surface area (Å²) in [5.41, 5.74) is 2.05. The number of carbonyl (C=O) groups is 1. The van der Waals surface area contributed by atoms with Gasteiger partial charge in [0.15, 0.2) is 0 Å². The Hall–Kier alpha value is -2.44. The topological polar surface area (TPSA) is 66.7 Å². The maximum Gasteiger partial charge on any atom is 0.273 e. The van der Waals surface area contributed by atoms with Crippen molar-refractivity contribution in [2.45, 2.75) is 13.5 Å². The molecule has 3 rings (SSSR count). The lowest BCUT2D eigenvalue weighted by Gasteiger charge is -2.34. The van der Waals surface area contributed by atoms with Gasteiger partial charge in [-0.3, -0.25) is 19.8 Å². The molecule has 1 fully saturated rings. The third-order valence-corrected chi connectivity index (χ3v) is 4.84. The molecule has 1 aliphatic rings. The number of carbonyl (C=O) groups excluding carboxylic acids is 1. The molecular formula is C19H20ClN3O3. The molecule has 2 aromatic carbocycles. The first-order chi connectivity index (χ1) is 12.4. The lowest BCUT2D eigenvalue weighted by atomic mass is 10.1. The third-order valence-electron chi connectivity index (χ3n) is 4.61. The molecule has 1 aliphatic heterocycles. The molecule has 6 nitrogen and oxygen atoms in total. The molecule has 0 saturated carbocycles. The number of rotatable bonds is 4. The summed E-state index contributed by atoms with van der Waals surface area (Å²) in [5, 5.41) is 11.8. The fraction of sp³-hybridized carbons (Fsp3) is 0.316. The molecule has 7 heteroatoms. The Morgan fingerprint density at radius 3 is 2.54 bits per heavy atom. The zero-order chi connectivity index (χ0) is 18.7. The van der Waals surface area contributed by atoms with Gasteiger partial charge in [0.2, 0.25) is 0 Å². The molecule has 0 atom stereocenters. The lowest BCUT2D eigenvalue weighted by molar-refractivity contribution is -0.385. The Morgan fingerprint density at radius 2 is 1.88 bits per heavy atom. The molecule has 1 saturated heterocycles. The minimum atomic E-state index is -0.449. The van der Waals surface area contributed by atoms with Crippen molar-refractivity contribution in [1.29, 1.82) is 0 Å². The smallest absolute Gasteiger partial charge is 0.273 e. The molecule has 136 valence electrons. The maximum atomic E-state index is 12.7. The van der Waals surface area contributed by atoms with E-state index in [2.05, 4.69) is 4.90 Å². The van der Waals surface area contributed by atoms with Crippen molar-refractivity contribution in [3.05, 3.63) is 74.3 Å². The number of nitro benzene ring substituents is 1. The van der Waals surface area contributed by atoms with Gasteiger partial charge in [0, 0.05) is 54.9 Å². The van der Waals surface area contributed by atoms with Gasteiger partial charge in [-0.2, -0.15) is 0 Å². The predicted molar refractivity (Wildman–Crippen MR) is 100 cm³/mol. The molecule has 2 aromatic rings. The van der Waals surface area contributed by atoms with Crippen LogP contribution in [-0.4, -0.2) is 46.8 Å². The summed E-state index contributed by atoms with van der Waals surface area (Å²) in [6, 6.07) is 12.4. The average molecular weight is 374 g/mol. The van der Waals surface area contributed by atoms with Gasteiger partial charge >= 0.3 is 0 Å². The van der Waals surface area contributed by atoms with E-state index < -0.39 is 4.92 Å². The van der Waals surface area contributed by atoms with E-state index in [4.69, 9.17) is 11.6 Å². The molecule has 0 N–H and O–H groups in total. The van der Waals surface area contributed by atoms with E-state index in [0.29, 0.717) is 24.2 Å². The summed E-state index contributed by atoms with van der Waals surface area (Å²) in [6.07, 6.45) is 0. The van der Waals surface area contributed by atoms with Crippen LogP contribution in [0.15, 0.2) is 42.5 Å². The Morgan fingerprint density at radius 1 is 1.15 bits per heavy atom. The Labute approximate surface area is 157 Å². The minimum absolute atomic E-state index is 0.0181. The second-order valence-electron chi connectivity index (χ2n) is 6.46. The normalized spacial score (nSPS) is 15.1. The van der Waals surface area contributed by atoms with Crippen molar-refractivity contribution >= 4 is 23.2 Å². The SMILES string of the molecule is Cc1ccc(C(=O)N2CCN(Cc3cccc(Cl)c3)CC2)cc1[N+](=O)[O-]. The molecule has 1 heterocycles. The number of aryl methyl sites for hydroxylation is 1. The van der Waals surface area contributed by atoms with E-state index in [0.717, 1.165) is 30.2 Å². The number of nitro groups is 1. The fourth-order valence-electron chi connectivity index (χ4n) is 3.12. The molecule has 26 heavy (non-hydrogen) atoms. The number of hydrogen-bond acceptors (Lipinski definition) is 4. The van der Waals surface area contributed by atoms with Crippen molar-refractivity contribution in [3.63, 3.8) is 0 Å². The highest BCUT2D eigenvalue weighted by Crippen LogP contribution is 2.21. The third kappa shape index (κ3) is 4.20. The van der Waals surface area contributed by atoms with Crippen LogP contribution in [0.25, 0.3) is 0 Å². The molecule has 0 bridgehead atoms. The summed E-state index contributed by atoms with van der Waals surface area (Å²) in [7, 11) is 0. The van der Waals surface area contributed by atoms with Crippen LogP contribution >= 0.6 is 11.6 Å². The van der Waals surface area contributed by atoms with Crippen LogP contribution in [0.2, 0.25) is 5.02 Å². The Bertz CT molecular complexity index is 833. The zero-order valence-electron chi connectivity index (χ0n) is 14.5. The quantitative estimate of drug-likeness (QED) is 0.607. The van der Waals surface area contributed by atoms with Crippen LogP contribution in [0.3, 0.4) is 0 Å². The number of benzene rings is 2. The predicted octanol–water partition coefficient (Wildman–Crippen LogP) is 3.51. The standard InChI is InChI=1S/C19H20ClN3O3/c1-14-5-6-16(12-18(14)23(25)26)19(24)22-9-7-21(8-10-22)13-15-3-2-4-17(20)11-15/h2-6,11-12H,7-10,13H2,1H3. The van der Waals surface area contributed by atoms with Gasteiger partial charge in [-0.05, 0) is 30.7 Å². The van der Waals surface area contributed by atoms with Crippen molar-refractivity contribution in [1.82, 2.24) is 9.80 Å². The van der Waals surface area contributed by atoms with Crippen molar-refractivity contribution in [2.24, 2.45) is 0 Å². The number of piperazine rings is 1. The molecule has 0 unspecified atom stereocenters. The number of nitrogens with zero attached hydrogens (tertiary/aromatic N) is 3. The Balaban J connectivity index is 1.62. The van der Waals surface area contributed by atoms with Crippen LogP contribution in [0.1, 0.15) is 21.5 Å². The second-order valence-corrected chi connectivity index (χ2v) is 6.89. The van der Waals surface area contributed by atoms with Gasteiger partial charge < -0.3 is 4.90 Å². The van der Waals surface area contributed by atoms with Crippen LogP contribution < -0.4 is 0 Å². The highest BCUT2D eigenvalue weighted by atomic mass is 35.5. The van der Waals surface area contributed by atoms with E-state index >= 15 is 0 Å². The van der Waals surface area contributed by atoms with Gasteiger partial charge in [0.1, 0.15) is 0 Å². The molecule has 0 aliphatic carbocycles. The van der Waals surface area contributed by atoms with Gasteiger partial charge in [0.05, 0.1) is 4.92 Å². The van der Waals surface area contributed by atoms with Crippen molar-refractivity contribution < 1.29 is 9.72 Å². The second kappa shape index (κ2) is 7.85. The van der Waals surface area contributed by atoms with E-state index in [1.165, 1.54) is 6.07 Å². The first kappa shape index (κ1) is 18.4. The molecule has 0 aromatic heterocycles. The summed E-state index contributed by atoms with van der Waals surface area (Å²) in [4.78, 5) is 27.3. The minimum Gasteiger partial charge on any atom is -0.336 e. The van der Waals surface area contributed by atoms with Crippen LogP contribution in [0, 0.1) is 17.0 Å². The molecule has 1 amide bonds. The van der Waals surface area contributed by atoms with Crippen molar-refractivity contribution in [2.75, 3.05) is 26.2 Å². The molecule has 0 radical (unpaired) electrons. The maximum absolute atomic E-state index is 12.7. The lowest BCUT2D eigenvalue weighted by Crippen LogP contribution is -2.48. The van der Waals surface area contributed by atoms with Crippen molar-refractivity contribution in [3.8, 4) is 0 Å². The van der Waals surface area contributed by atoms with Crippen LogP contribution in [0.4, 0.5) is 5.69 Å². The highest BCUT2D eigenvalue weighted by Gasteiger charge is 2.24. The van der Waals surface area contributed by atoms with Crippen LogP contribution in [-0.2, 0) is 6.54 Å². The van der Waals surface area contributed by atoms with Gasteiger partial charge in [-0.1, -0.05) is 29.8 Å². The molecule has 0 spiro atoms. The summed E-state index contributed by atoms with van der Waals surface area (Å²) >= 11 is 6.02. The van der Waals surface area contributed by atoms with E-state index in [1.54, 1.807) is 24.0 Å². The number of halogens is 1. The number of hydrogen-bond donors (Lipinski definition) is 0. The zero-order valence-corrected chi connectivity index (χ0v) is 15.3. The van der Waals surface area contributed by atoms with E-state index in [-0.39, 0.29) is 11.6 Å². The van der Waals surface area contributed by atoms with E-state index in [1.807, 2.05) is 24.3 Å². The largest absolute Gasteiger partial charge is 0.336 e. The van der Waals surface area contributed by atoms with Gasteiger partial charge in [-0.25, -0.2) is 0 Å².